The Labute approximate surface area is 128 Å². The van der Waals surface area contributed by atoms with Gasteiger partial charge in [0.2, 0.25) is 5.91 Å². The van der Waals surface area contributed by atoms with E-state index >= 15 is 0 Å². The first-order valence-electron chi connectivity index (χ1n) is 7.03. The fraction of sp³-hybridized carbons (Fsp3) is 0.0526. The number of carbonyl (C=O) groups is 1. The maximum absolute atomic E-state index is 12.2. The van der Waals surface area contributed by atoms with Crippen molar-refractivity contribution < 1.29 is 4.79 Å². The molecule has 0 bridgehead atoms. The Kier molecular flexibility index (Phi) is 3.84. The molecule has 3 rings (SSSR count). The summed E-state index contributed by atoms with van der Waals surface area (Å²) in [5.41, 5.74) is 2.04. The van der Waals surface area contributed by atoms with E-state index in [-0.39, 0.29) is 12.3 Å². The van der Waals surface area contributed by atoms with Gasteiger partial charge < -0.3 is 5.32 Å². The van der Waals surface area contributed by atoms with E-state index in [1.54, 1.807) is 18.2 Å². The third kappa shape index (κ3) is 2.97. The SMILES string of the molecule is N#Cc1ccccc1CC(=O)Nc1ccc2ccccc2c1. The number of nitriles is 1. The number of hydrogen-bond donors (Lipinski definition) is 1. The number of hydrogen-bond acceptors (Lipinski definition) is 2. The van der Waals surface area contributed by atoms with E-state index in [9.17, 15) is 4.79 Å². The molecule has 0 unspecified atom stereocenters. The predicted octanol–water partition coefficient (Wildman–Crippen LogP) is 3.89. The van der Waals surface area contributed by atoms with Crippen LogP contribution in [0.1, 0.15) is 11.1 Å². The molecule has 0 saturated heterocycles. The molecular weight excluding hydrogens is 272 g/mol. The summed E-state index contributed by atoms with van der Waals surface area (Å²) >= 11 is 0. The molecule has 3 nitrogen and oxygen atoms in total. The molecule has 3 aromatic carbocycles. The van der Waals surface area contributed by atoms with Crippen LogP contribution in [-0.2, 0) is 11.2 Å². The minimum absolute atomic E-state index is 0.127. The van der Waals surface area contributed by atoms with E-state index in [1.165, 1.54) is 0 Å². The highest BCUT2D eigenvalue weighted by Crippen LogP contribution is 2.19. The van der Waals surface area contributed by atoms with Crippen LogP contribution in [-0.4, -0.2) is 5.91 Å². The monoisotopic (exact) mass is 286 g/mol. The van der Waals surface area contributed by atoms with Gasteiger partial charge in [-0.15, -0.1) is 0 Å². The molecule has 0 radical (unpaired) electrons. The van der Waals surface area contributed by atoms with E-state index in [1.807, 2.05) is 48.5 Å². The average Bonchev–Trinajstić information content (AvgIpc) is 2.55. The first-order chi connectivity index (χ1) is 10.8. The average molecular weight is 286 g/mol. The van der Waals surface area contributed by atoms with Crippen LogP contribution in [0.4, 0.5) is 5.69 Å². The number of nitrogens with zero attached hydrogens (tertiary/aromatic N) is 1. The van der Waals surface area contributed by atoms with Crippen molar-refractivity contribution >= 4 is 22.4 Å². The fourth-order valence-electron chi connectivity index (χ4n) is 2.43. The van der Waals surface area contributed by atoms with Crippen LogP contribution in [0.15, 0.2) is 66.7 Å². The topological polar surface area (TPSA) is 52.9 Å². The van der Waals surface area contributed by atoms with Gasteiger partial charge in [0, 0.05) is 5.69 Å². The molecule has 0 spiro atoms. The Balaban J connectivity index is 1.77. The van der Waals surface area contributed by atoms with Crippen LogP contribution in [0.5, 0.6) is 0 Å². The molecule has 0 aromatic heterocycles. The van der Waals surface area contributed by atoms with Crippen LogP contribution < -0.4 is 5.32 Å². The molecule has 22 heavy (non-hydrogen) atoms. The zero-order valence-corrected chi connectivity index (χ0v) is 11.9. The summed E-state index contributed by atoms with van der Waals surface area (Å²) in [5, 5.41) is 14.2. The Morgan fingerprint density at radius 2 is 1.68 bits per heavy atom. The molecule has 106 valence electrons. The van der Waals surface area contributed by atoms with Gasteiger partial charge in [0.25, 0.3) is 0 Å². The molecule has 3 heteroatoms. The number of rotatable bonds is 3. The van der Waals surface area contributed by atoms with Gasteiger partial charge in [-0.05, 0) is 34.5 Å². The maximum atomic E-state index is 12.2. The van der Waals surface area contributed by atoms with E-state index in [4.69, 9.17) is 5.26 Å². The van der Waals surface area contributed by atoms with Gasteiger partial charge >= 0.3 is 0 Å². The molecular formula is C19H14N2O. The second-order valence-corrected chi connectivity index (χ2v) is 5.06. The zero-order chi connectivity index (χ0) is 15.4. The van der Waals surface area contributed by atoms with Crippen molar-refractivity contribution in [1.82, 2.24) is 0 Å². The minimum Gasteiger partial charge on any atom is -0.326 e. The van der Waals surface area contributed by atoms with Gasteiger partial charge in [0.1, 0.15) is 0 Å². The van der Waals surface area contributed by atoms with Crippen molar-refractivity contribution in [3.05, 3.63) is 77.9 Å². The number of anilines is 1. The summed E-state index contributed by atoms with van der Waals surface area (Å²) in [4.78, 5) is 12.2. The fourth-order valence-corrected chi connectivity index (χ4v) is 2.43. The molecule has 0 aliphatic heterocycles. The third-order valence-electron chi connectivity index (χ3n) is 3.52. The van der Waals surface area contributed by atoms with E-state index in [0.29, 0.717) is 5.56 Å². The van der Waals surface area contributed by atoms with Gasteiger partial charge in [0.15, 0.2) is 0 Å². The quantitative estimate of drug-likeness (QED) is 0.794. The summed E-state index contributed by atoms with van der Waals surface area (Å²) in [6.07, 6.45) is 0.191. The highest BCUT2D eigenvalue weighted by Gasteiger charge is 2.08. The Morgan fingerprint density at radius 1 is 0.955 bits per heavy atom. The summed E-state index contributed by atoms with van der Waals surface area (Å²) in [5.74, 6) is -0.127. The van der Waals surface area contributed by atoms with Crippen molar-refractivity contribution in [1.29, 1.82) is 5.26 Å². The first-order valence-corrected chi connectivity index (χ1v) is 7.03. The summed E-state index contributed by atoms with van der Waals surface area (Å²) < 4.78 is 0. The van der Waals surface area contributed by atoms with Crippen molar-refractivity contribution in [2.24, 2.45) is 0 Å². The maximum Gasteiger partial charge on any atom is 0.228 e. The van der Waals surface area contributed by atoms with Gasteiger partial charge in [-0.25, -0.2) is 0 Å². The molecule has 1 N–H and O–H groups in total. The van der Waals surface area contributed by atoms with Crippen LogP contribution in [0.3, 0.4) is 0 Å². The molecule has 0 heterocycles. The zero-order valence-electron chi connectivity index (χ0n) is 11.9. The second-order valence-electron chi connectivity index (χ2n) is 5.06. The van der Waals surface area contributed by atoms with Crippen molar-refractivity contribution in [3.63, 3.8) is 0 Å². The van der Waals surface area contributed by atoms with Crippen LogP contribution in [0.2, 0.25) is 0 Å². The summed E-state index contributed by atoms with van der Waals surface area (Å²) in [6.45, 7) is 0. The normalized spacial score (nSPS) is 10.1. The number of benzene rings is 3. The third-order valence-corrected chi connectivity index (χ3v) is 3.52. The molecule has 0 saturated carbocycles. The van der Waals surface area contributed by atoms with Crippen LogP contribution in [0, 0.1) is 11.3 Å². The van der Waals surface area contributed by atoms with E-state index < -0.39 is 0 Å². The molecule has 0 aliphatic carbocycles. The molecule has 0 atom stereocenters. The summed E-state index contributed by atoms with van der Waals surface area (Å²) in [6, 6.07) is 23.1. The second kappa shape index (κ2) is 6.11. The Hall–Kier alpha value is -3.12. The molecule has 0 fully saturated rings. The highest BCUT2D eigenvalue weighted by atomic mass is 16.1. The Bertz CT molecular complexity index is 878. The van der Waals surface area contributed by atoms with Crippen molar-refractivity contribution in [3.8, 4) is 6.07 Å². The van der Waals surface area contributed by atoms with Crippen LogP contribution in [0.25, 0.3) is 10.8 Å². The standard InChI is InChI=1S/C19H14N2O/c20-13-17-8-4-3-7-16(17)12-19(22)21-18-10-9-14-5-1-2-6-15(14)11-18/h1-11H,12H2,(H,21,22). The number of amides is 1. The lowest BCUT2D eigenvalue weighted by atomic mass is 10.1. The lowest BCUT2D eigenvalue weighted by Gasteiger charge is -2.07. The minimum atomic E-state index is -0.127. The highest BCUT2D eigenvalue weighted by molar-refractivity contribution is 5.95. The smallest absolute Gasteiger partial charge is 0.228 e. The lowest BCUT2D eigenvalue weighted by Crippen LogP contribution is -2.15. The van der Waals surface area contributed by atoms with Crippen molar-refractivity contribution in [2.75, 3.05) is 5.32 Å². The molecule has 3 aromatic rings. The predicted molar refractivity (Wildman–Crippen MR) is 87.4 cm³/mol. The Morgan fingerprint density at radius 3 is 2.50 bits per heavy atom. The summed E-state index contributed by atoms with van der Waals surface area (Å²) in [7, 11) is 0. The van der Waals surface area contributed by atoms with Gasteiger partial charge in [-0.3, -0.25) is 4.79 Å². The van der Waals surface area contributed by atoms with E-state index in [0.717, 1.165) is 22.0 Å². The van der Waals surface area contributed by atoms with Gasteiger partial charge in [-0.1, -0.05) is 48.5 Å². The lowest BCUT2D eigenvalue weighted by molar-refractivity contribution is -0.115. The van der Waals surface area contributed by atoms with Crippen LogP contribution >= 0.6 is 0 Å². The van der Waals surface area contributed by atoms with Gasteiger partial charge in [0.05, 0.1) is 18.1 Å². The number of fused-ring (bicyclic) bond motifs is 1. The first kappa shape index (κ1) is 13.8. The number of nitrogens with one attached hydrogen (secondary N) is 1. The largest absolute Gasteiger partial charge is 0.326 e. The van der Waals surface area contributed by atoms with E-state index in [2.05, 4.69) is 11.4 Å². The van der Waals surface area contributed by atoms with Crippen molar-refractivity contribution in [2.45, 2.75) is 6.42 Å². The molecule has 0 aliphatic rings. The molecule has 1 amide bonds. The number of carbonyl (C=O) groups excluding carboxylic acids is 1. The van der Waals surface area contributed by atoms with Gasteiger partial charge in [-0.2, -0.15) is 5.26 Å².